The quantitative estimate of drug-likeness (QED) is 0.487. The third kappa shape index (κ3) is 7.17. The molecule has 1 aromatic heterocycles. The minimum Gasteiger partial charge on any atom is -0.466 e. The van der Waals surface area contributed by atoms with Crippen molar-refractivity contribution < 1.29 is 14.3 Å². The highest BCUT2D eigenvalue weighted by Crippen LogP contribution is 2.18. The van der Waals surface area contributed by atoms with Gasteiger partial charge in [0.2, 0.25) is 0 Å². The summed E-state index contributed by atoms with van der Waals surface area (Å²) in [7, 11) is 0. The first-order chi connectivity index (χ1) is 14.6. The summed E-state index contributed by atoms with van der Waals surface area (Å²) in [6, 6.07) is 11.5. The summed E-state index contributed by atoms with van der Waals surface area (Å²) in [6.07, 6.45) is 5.89. The predicted molar refractivity (Wildman–Crippen MR) is 119 cm³/mol. The van der Waals surface area contributed by atoms with E-state index in [0.29, 0.717) is 25.3 Å². The fraction of sp³-hybridized carbons (Fsp3) is 0.458. The number of carbonyl (C=O) groups excluding carboxylic acids is 2. The van der Waals surface area contributed by atoms with Gasteiger partial charge >= 0.3 is 5.97 Å². The van der Waals surface area contributed by atoms with Gasteiger partial charge in [-0.2, -0.15) is 0 Å². The molecule has 0 aliphatic carbocycles. The van der Waals surface area contributed by atoms with Crippen molar-refractivity contribution in [1.29, 1.82) is 0 Å². The summed E-state index contributed by atoms with van der Waals surface area (Å²) in [5, 5.41) is 0. The average Bonchev–Trinajstić information content (AvgIpc) is 2.78. The Morgan fingerprint density at radius 1 is 1.03 bits per heavy atom. The zero-order chi connectivity index (χ0) is 21.8. The van der Waals surface area contributed by atoms with E-state index in [1.165, 1.54) is 0 Å². The minimum absolute atomic E-state index is 0.105. The van der Waals surface area contributed by atoms with Gasteiger partial charge in [0.25, 0.3) is 5.91 Å². The van der Waals surface area contributed by atoms with Crippen LogP contribution in [0.1, 0.15) is 56.0 Å². The van der Waals surface area contributed by atoms with E-state index in [-0.39, 0.29) is 18.3 Å². The van der Waals surface area contributed by atoms with Crippen LogP contribution in [0.2, 0.25) is 0 Å². The number of unbranched alkanes of at least 4 members (excludes halogenated alkanes) is 1. The molecule has 0 bridgehead atoms. The number of esters is 1. The number of pyridine rings is 1. The molecular weight excluding hydrogens is 378 g/mol. The number of hydrogen-bond donors (Lipinski definition) is 0. The van der Waals surface area contributed by atoms with Gasteiger partial charge in [0.05, 0.1) is 13.0 Å². The third-order valence-corrected chi connectivity index (χ3v) is 4.92. The highest BCUT2D eigenvalue weighted by molar-refractivity contribution is 5.94. The van der Waals surface area contributed by atoms with E-state index < -0.39 is 0 Å². The first-order valence-corrected chi connectivity index (χ1v) is 10.8. The van der Waals surface area contributed by atoms with Gasteiger partial charge in [-0.05, 0) is 56.2 Å². The van der Waals surface area contributed by atoms with Crippen LogP contribution >= 0.6 is 0 Å². The van der Waals surface area contributed by atoms with Gasteiger partial charge in [-0.25, -0.2) is 0 Å². The van der Waals surface area contributed by atoms with E-state index in [0.717, 1.165) is 37.2 Å². The topological polar surface area (TPSA) is 62.7 Å². The lowest BCUT2D eigenvalue weighted by molar-refractivity contribution is -0.143. The number of hydrogen-bond acceptors (Lipinski definition) is 5. The molecule has 0 radical (unpaired) electrons. The van der Waals surface area contributed by atoms with Crippen molar-refractivity contribution in [2.24, 2.45) is 0 Å². The van der Waals surface area contributed by atoms with Gasteiger partial charge in [0, 0.05) is 49.8 Å². The number of nitrogens with zero attached hydrogens (tertiary/aromatic N) is 3. The molecule has 30 heavy (non-hydrogen) atoms. The SMILES string of the molecule is CCCCN(CC)c1ccc(C(=O)N(CCC(=O)OCC)Cc2cccnc2)cc1. The summed E-state index contributed by atoms with van der Waals surface area (Å²) in [4.78, 5) is 33.1. The van der Waals surface area contributed by atoms with Gasteiger partial charge in [0.15, 0.2) is 0 Å². The van der Waals surface area contributed by atoms with E-state index in [1.807, 2.05) is 36.4 Å². The van der Waals surface area contributed by atoms with Crippen molar-refractivity contribution >= 4 is 17.6 Å². The molecule has 0 spiro atoms. The maximum atomic E-state index is 13.2. The molecule has 2 rings (SSSR count). The molecule has 0 atom stereocenters. The maximum Gasteiger partial charge on any atom is 0.307 e. The predicted octanol–water partition coefficient (Wildman–Crippen LogP) is 4.30. The van der Waals surface area contributed by atoms with E-state index >= 15 is 0 Å². The van der Waals surface area contributed by atoms with Crippen LogP contribution in [-0.2, 0) is 16.1 Å². The Labute approximate surface area is 179 Å². The molecule has 0 saturated heterocycles. The zero-order valence-electron chi connectivity index (χ0n) is 18.3. The second-order valence-electron chi connectivity index (χ2n) is 7.12. The van der Waals surface area contributed by atoms with Crippen LogP contribution in [0.5, 0.6) is 0 Å². The number of aromatic nitrogens is 1. The van der Waals surface area contributed by atoms with Crippen LogP contribution in [0.4, 0.5) is 5.69 Å². The molecule has 1 amide bonds. The van der Waals surface area contributed by atoms with Crippen LogP contribution in [0.3, 0.4) is 0 Å². The zero-order valence-corrected chi connectivity index (χ0v) is 18.3. The second kappa shape index (κ2) is 12.6. The van der Waals surface area contributed by atoms with Crippen LogP contribution in [0, 0.1) is 0 Å². The highest BCUT2D eigenvalue weighted by atomic mass is 16.5. The van der Waals surface area contributed by atoms with Gasteiger partial charge in [-0.15, -0.1) is 0 Å². The standard InChI is InChI=1S/C24H33N3O3/c1-4-7-16-26(5-2)22-12-10-21(11-13-22)24(29)27(17-14-23(28)30-6-3)19-20-9-8-15-25-18-20/h8-13,15,18H,4-7,14,16-17,19H2,1-3H3. The molecule has 6 heteroatoms. The molecule has 1 heterocycles. The molecular formula is C24H33N3O3. The fourth-order valence-corrected chi connectivity index (χ4v) is 3.24. The first kappa shape index (κ1) is 23.4. The van der Waals surface area contributed by atoms with Crippen LogP contribution in [0.25, 0.3) is 0 Å². The molecule has 0 unspecified atom stereocenters. The monoisotopic (exact) mass is 411 g/mol. The largest absolute Gasteiger partial charge is 0.466 e. The Kier molecular flexibility index (Phi) is 9.84. The average molecular weight is 412 g/mol. The number of benzene rings is 1. The van der Waals surface area contributed by atoms with E-state index in [1.54, 1.807) is 24.2 Å². The molecule has 0 N–H and O–H groups in total. The number of rotatable bonds is 12. The maximum absolute atomic E-state index is 13.2. The Morgan fingerprint density at radius 3 is 2.40 bits per heavy atom. The third-order valence-electron chi connectivity index (χ3n) is 4.92. The molecule has 1 aromatic carbocycles. The van der Waals surface area contributed by atoms with Gasteiger partial charge in [-0.1, -0.05) is 19.4 Å². The van der Waals surface area contributed by atoms with E-state index in [4.69, 9.17) is 4.74 Å². The van der Waals surface area contributed by atoms with E-state index in [2.05, 4.69) is 23.7 Å². The summed E-state index contributed by atoms with van der Waals surface area (Å²) >= 11 is 0. The summed E-state index contributed by atoms with van der Waals surface area (Å²) in [6.45, 7) is 9.06. The van der Waals surface area contributed by atoms with Crippen molar-refractivity contribution in [3.63, 3.8) is 0 Å². The highest BCUT2D eigenvalue weighted by Gasteiger charge is 2.18. The van der Waals surface area contributed by atoms with Crippen molar-refractivity contribution in [3.8, 4) is 0 Å². The normalized spacial score (nSPS) is 10.5. The molecule has 6 nitrogen and oxygen atoms in total. The molecule has 0 aliphatic rings. The lowest BCUT2D eigenvalue weighted by atomic mass is 10.1. The van der Waals surface area contributed by atoms with Gasteiger partial charge < -0.3 is 14.5 Å². The number of carbonyl (C=O) groups is 2. The number of ether oxygens (including phenoxy) is 1. The van der Waals surface area contributed by atoms with Crippen molar-refractivity contribution in [3.05, 3.63) is 59.9 Å². The van der Waals surface area contributed by atoms with Crippen LogP contribution < -0.4 is 4.90 Å². The van der Waals surface area contributed by atoms with Crippen molar-refractivity contribution in [1.82, 2.24) is 9.88 Å². The summed E-state index contributed by atoms with van der Waals surface area (Å²) < 4.78 is 5.02. The van der Waals surface area contributed by atoms with Crippen molar-refractivity contribution in [2.75, 3.05) is 31.1 Å². The smallest absolute Gasteiger partial charge is 0.307 e. The van der Waals surface area contributed by atoms with Crippen LogP contribution in [0.15, 0.2) is 48.8 Å². The van der Waals surface area contributed by atoms with Crippen LogP contribution in [-0.4, -0.2) is 48.0 Å². The lowest BCUT2D eigenvalue weighted by Crippen LogP contribution is -2.33. The van der Waals surface area contributed by atoms with Gasteiger partial charge in [0.1, 0.15) is 0 Å². The Morgan fingerprint density at radius 2 is 1.80 bits per heavy atom. The van der Waals surface area contributed by atoms with Crippen molar-refractivity contribution in [2.45, 2.75) is 46.6 Å². The summed E-state index contributed by atoms with van der Waals surface area (Å²) in [5.74, 6) is -0.405. The number of anilines is 1. The Balaban J connectivity index is 2.13. The second-order valence-corrected chi connectivity index (χ2v) is 7.12. The van der Waals surface area contributed by atoms with Gasteiger partial charge in [-0.3, -0.25) is 14.6 Å². The molecule has 162 valence electrons. The molecule has 0 aliphatic heterocycles. The number of amides is 1. The fourth-order valence-electron chi connectivity index (χ4n) is 3.24. The van der Waals surface area contributed by atoms with E-state index in [9.17, 15) is 9.59 Å². The molecule has 0 saturated carbocycles. The summed E-state index contributed by atoms with van der Waals surface area (Å²) in [5.41, 5.74) is 2.65. The molecule has 2 aromatic rings. The lowest BCUT2D eigenvalue weighted by Gasteiger charge is -2.25. The molecule has 0 fully saturated rings. The minimum atomic E-state index is -0.300. The Bertz CT molecular complexity index is 778. The first-order valence-electron chi connectivity index (χ1n) is 10.8. The Hall–Kier alpha value is -2.89.